The number of hydrogen-bond donors (Lipinski definition) is 1. The van der Waals surface area contributed by atoms with Crippen molar-refractivity contribution in [1.82, 2.24) is 10.2 Å². The van der Waals surface area contributed by atoms with Gasteiger partial charge in [0, 0.05) is 22.7 Å². The molecular formula is C17H19ClN2OS. The van der Waals surface area contributed by atoms with E-state index in [2.05, 4.69) is 23.2 Å². The second-order valence-electron chi connectivity index (χ2n) is 6.46. The van der Waals surface area contributed by atoms with Gasteiger partial charge in [-0.15, -0.1) is 11.3 Å². The Morgan fingerprint density at radius 3 is 2.82 bits per heavy atom. The number of rotatable bonds is 2. The van der Waals surface area contributed by atoms with Crippen LogP contribution in [0, 0.1) is 12.8 Å². The number of carbonyl (C=O) groups excluding carboxylic acids is 1. The molecule has 22 heavy (non-hydrogen) atoms. The second kappa shape index (κ2) is 5.52. The minimum absolute atomic E-state index is 0.0115. The van der Waals surface area contributed by atoms with Gasteiger partial charge in [-0.1, -0.05) is 23.7 Å². The smallest absolute Gasteiger partial charge is 0.263 e. The molecule has 1 aromatic carbocycles. The van der Waals surface area contributed by atoms with E-state index in [0.717, 1.165) is 16.6 Å². The molecule has 2 aromatic rings. The van der Waals surface area contributed by atoms with Gasteiger partial charge in [0.1, 0.15) is 4.88 Å². The molecule has 3 aliphatic heterocycles. The summed E-state index contributed by atoms with van der Waals surface area (Å²) in [6.45, 7) is 5.40. The molecule has 3 saturated heterocycles. The molecule has 5 rings (SSSR count). The minimum Gasteiger partial charge on any atom is -0.347 e. The number of aryl methyl sites for hydroxylation is 1. The predicted molar refractivity (Wildman–Crippen MR) is 92.0 cm³/mol. The Kier molecular flexibility index (Phi) is 3.63. The zero-order valence-corrected chi connectivity index (χ0v) is 14.1. The van der Waals surface area contributed by atoms with E-state index in [0.29, 0.717) is 15.8 Å². The molecule has 0 spiro atoms. The van der Waals surface area contributed by atoms with Crippen LogP contribution in [0.4, 0.5) is 0 Å². The summed E-state index contributed by atoms with van der Waals surface area (Å²) in [5.74, 6) is 0.618. The first kappa shape index (κ1) is 14.5. The average molecular weight is 335 g/mol. The van der Waals surface area contributed by atoms with Crippen molar-refractivity contribution in [1.29, 1.82) is 0 Å². The second-order valence-corrected chi connectivity index (χ2v) is 7.89. The standard InChI is InChI=1S/C17H19ClN2OS/c1-10-2-3-12-14(8-10)22-16(15(12)18)17(21)19-13-9-20-6-4-11(13)5-7-20/h2-3,8,11,13H,4-7,9H2,1H3,(H,19,21). The summed E-state index contributed by atoms with van der Waals surface area (Å²) in [5.41, 5.74) is 1.19. The molecule has 0 saturated carbocycles. The van der Waals surface area contributed by atoms with E-state index in [-0.39, 0.29) is 11.9 Å². The van der Waals surface area contributed by atoms with Gasteiger partial charge in [-0.25, -0.2) is 0 Å². The Morgan fingerprint density at radius 2 is 2.14 bits per heavy atom. The number of amides is 1. The van der Waals surface area contributed by atoms with Crippen molar-refractivity contribution in [3.05, 3.63) is 33.7 Å². The number of nitrogens with one attached hydrogen (secondary N) is 1. The van der Waals surface area contributed by atoms with E-state index in [1.807, 2.05) is 12.1 Å². The van der Waals surface area contributed by atoms with Crippen molar-refractivity contribution in [2.75, 3.05) is 19.6 Å². The summed E-state index contributed by atoms with van der Waals surface area (Å²) in [6, 6.07) is 6.42. The van der Waals surface area contributed by atoms with Gasteiger partial charge in [-0.05, 0) is 50.4 Å². The van der Waals surface area contributed by atoms with Crippen LogP contribution < -0.4 is 5.32 Å². The lowest BCUT2D eigenvalue weighted by atomic mass is 9.84. The molecule has 0 radical (unpaired) electrons. The Morgan fingerprint density at radius 1 is 1.36 bits per heavy atom. The molecule has 1 amide bonds. The monoisotopic (exact) mass is 334 g/mol. The molecule has 5 heteroatoms. The van der Waals surface area contributed by atoms with Gasteiger partial charge in [0.25, 0.3) is 5.91 Å². The molecule has 116 valence electrons. The van der Waals surface area contributed by atoms with Gasteiger partial charge in [-0.2, -0.15) is 0 Å². The molecular weight excluding hydrogens is 316 g/mol. The molecule has 2 bridgehead atoms. The van der Waals surface area contributed by atoms with Gasteiger partial charge < -0.3 is 10.2 Å². The lowest BCUT2D eigenvalue weighted by Gasteiger charge is -2.44. The summed E-state index contributed by atoms with van der Waals surface area (Å²) < 4.78 is 1.09. The lowest BCUT2D eigenvalue weighted by Crippen LogP contribution is -2.57. The van der Waals surface area contributed by atoms with E-state index in [1.165, 1.54) is 42.8 Å². The first-order chi connectivity index (χ1) is 10.6. The van der Waals surface area contributed by atoms with Gasteiger partial charge in [0.2, 0.25) is 0 Å². The fourth-order valence-electron chi connectivity index (χ4n) is 3.68. The van der Waals surface area contributed by atoms with Crippen LogP contribution in [-0.4, -0.2) is 36.5 Å². The summed E-state index contributed by atoms with van der Waals surface area (Å²) in [4.78, 5) is 15.8. The van der Waals surface area contributed by atoms with Crippen LogP contribution >= 0.6 is 22.9 Å². The Hall–Kier alpha value is -1.10. The SMILES string of the molecule is Cc1ccc2c(Cl)c(C(=O)NC3CN4CCC3CC4)sc2c1. The Bertz CT molecular complexity index is 734. The van der Waals surface area contributed by atoms with Gasteiger partial charge in [0.05, 0.1) is 5.02 Å². The minimum atomic E-state index is -0.0115. The largest absolute Gasteiger partial charge is 0.347 e. The number of thiophene rings is 1. The molecule has 3 nitrogen and oxygen atoms in total. The highest BCUT2D eigenvalue weighted by Gasteiger charge is 2.35. The van der Waals surface area contributed by atoms with Crippen LogP contribution in [0.15, 0.2) is 18.2 Å². The quantitative estimate of drug-likeness (QED) is 0.908. The van der Waals surface area contributed by atoms with Crippen molar-refractivity contribution in [3.63, 3.8) is 0 Å². The molecule has 0 aliphatic carbocycles. The molecule has 1 unspecified atom stereocenters. The first-order valence-corrected chi connectivity index (χ1v) is 9.03. The summed E-state index contributed by atoms with van der Waals surface area (Å²) in [7, 11) is 0. The highest BCUT2D eigenvalue weighted by atomic mass is 35.5. The van der Waals surface area contributed by atoms with Gasteiger partial charge in [-0.3, -0.25) is 4.79 Å². The number of fused-ring (bicyclic) bond motifs is 4. The Labute approximate surface area is 139 Å². The third kappa shape index (κ3) is 2.43. The van der Waals surface area contributed by atoms with Crippen molar-refractivity contribution < 1.29 is 4.79 Å². The number of hydrogen-bond acceptors (Lipinski definition) is 3. The van der Waals surface area contributed by atoms with Crippen molar-refractivity contribution in [3.8, 4) is 0 Å². The van der Waals surface area contributed by atoms with Crippen molar-refractivity contribution in [2.45, 2.75) is 25.8 Å². The van der Waals surface area contributed by atoms with Crippen molar-refractivity contribution >= 4 is 38.9 Å². The van der Waals surface area contributed by atoms with E-state index in [1.54, 1.807) is 0 Å². The van der Waals surface area contributed by atoms with Gasteiger partial charge >= 0.3 is 0 Å². The molecule has 4 heterocycles. The van der Waals surface area contributed by atoms with Crippen LogP contribution in [0.1, 0.15) is 28.1 Å². The molecule has 3 aliphatic rings. The summed E-state index contributed by atoms with van der Waals surface area (Å²) in [5, 5.41) is 4.81. The predicted octanol–water partition coefficient (Wildman–Crippen LogP) is 3.69. The zero-order chi connectivity index (χ0) is 15.3. The normalized spacial score (nSPS) is 27.3. The maximum Gasteiger partial charge on any atom is 0.263 e. The third-order valence-corrected chi connectivity index (χ3v) is 6.62. The number of halogens is 1. The number of nitrogens with zero attached hydrogens (tertiary/aromatic N) is 1. The fraction of sp³-hybridized carbons (Fsp3) is 0.471. The third-order valence-electron chi connectivity index (χ3n) is 4.96. The first-order valence-electron chi connectivity index (χ1n) is 7.83. The summed E-state index contributed by atoms with van der Waals surface area (Å²) in [6.07, 6.45) is 2.40. The van der Waals surface area contributed by atoms with Crippen LogP contribution in [0.2, 0.25) is 5.02 Å². The van der Waals surface area contributed by atoms with E-state index in [9.17, 15) is 4.79 Å². The average Bonchev–Trinajstić information content (AvgIpc) is 2.85. The molecule has 1 N–H and O–H groups in total. The van der Waals surface area contributed by atoms with E-state index < -0.39 is 0 Å². The van der Waals surface area contributed by atoms with Crippen LogP contribution in [0.3, 0.4) is 0 Å². The van der Waals surface area contributed by atoms with Crippen LogP contribution in [0.25, 0.3) is 10.1 Å². The number of piperidine rings is 3. The highest BCUT2D eigenvalue weighted by Crippen LogP contribution is 2.36. The maximum atomic E-state index is 12.7. The topological polar surface area (TPSA) is 32.3 Å². The number of carbonyl (C=O) groups is 1. The fourth-order valence-corrected chi connectivity index (χ4v) is 5.20. The molecule has 1 atom stereocenters. The number of benzene rings is 1. The summed E-state index contributed by atoms with van der Waals surface area (Å²) >= 11 is 7.94. The zero-order valence-electron chi connectivity index (χ0n) is 12.6. The lowest BCUT2D eigenvalue weighted by molar-refractivity contribution is 0.0623. The van der Waals surface area contributed by atoms with Crippen LogP contribution in [-0.2, 0) is 0 Å². The Balaban J connectivity index is 1.59. The van der Waals surface area contributed by atoms with Crippen molar-refractivity contribution in [2.24, 2.45) is 5.92 Å². The molecule has 3 fully saturated rings. The van der Waals surface area contributed by atoms with E-state index >= 15 is 0 Å². The highest BCUT2D eigenvalue weighted by molar-refractivity contribution is 7.21. The maximum absolute atomic E-state index is 12.7. The van der Waals surface area contributed by atoms with Crippen LogP contribution in [0.5, 0.6) is 0 Å². The van der Waals surface area contributed by atoms with E-state index in [4.69, 9.17) is 11.6 Å². The molecule has 1 aromatic heterocycles. The van der Waals surface area contributed by atoms with Gasteiger partial charge in [0.15, 0.2) is 0 Å².